The molecule has 0 aliphatic carbocycles. The lowest BCUT2D eigenvalue weighted by Crippen LogP contribution is -2.29. The predicted molar refractivity (Wildman–Crippen MR) is 83.3 cm³/mol. The molecule has 0 bridgehead atoms. The zero-order chi connectivity index (χ0) is 16.8. The first-order chi connectivity index (χ1) is 11.0. The Kier molecular flexibility index (Phi) is 5.27. The number of nitro groups is 1. The van der Waals surface area contributed by atoms with Gasteiger partial charge in [-0.3, -0.25) is 14.9 Å². The minimum atomic E-state index is -0.715. The Labute approximate surface area is 132 Å². The van der Waals surface area contributed by atoms with Gasteiger partial charge in [0.25, 0.3) is 5.91 Å². The van der Waals surface area contributed by atoms with Gasteiger partial charge < -0.3 is 15.2 Å². The molecule has 7 heteroatoms. The molecular weight excluding hydrogens is 300 g/mol. The van der Waals surface area contributed by atoms with Gasteiger partial charge in [0, 0.05) is 25.3 Å². The van der Waals surface area contributed by atoms with Crippen LogP contribution in [0.25, 0.3) is 0 Å². The Balaban J connectivity index is 2.04. The average molecular weight is 316 g/mol. The lowest BCUT2D eigenvalue weighted by Gasteiger charge is -2.16. The van der Waals surface area contributed by atoms with Crippen molar-refractivity contribution in [2.24, 2.45) is 0 Å². The van der Waals surface area contributed by atoms with Crippen LogP contribution in [0.3, 0.4) is 0 Å². The fourth-order valence-electron chi connectivity index (χ4n) is 2.11. The number of carbonyl (C=O) groups is 1. The fourth-order valence-corrected chi connectivity index (χ4v) is 2.11. The predicted octanol–water partition coefficient (Wildman–Crippen LogP) is 2.42. The van der Waals surface area contributed by atoms with Crippen molar-refractivity contribution in [3.63, 3.8) is 0 Å². The van der Waals surface area contributed by atoms with Crippen molar-refractivity contribution in [3.05, 3.63) is 69.8 Å². The van der Waals surface area contributed by atoms with Crippen LogP contribution in [0.2, 0.25) is 0 Å². The van der Waals surface area contributed by atoms with E-state index in [1.807, 2.05) is 30.3 Å². The van der Waals surface area contributed by atoms with Crippen LogP contribution in [-0.2, 0) is 4.74 Å². The molecule has 2 aromatic carbocycles. The SMILES string of the molecule is CO[C@H](CNC(=O)c1ccc([N+](=O)[O-])c(O)c1)c1ccccc1. The van der Waals surface area contributed by atoms with E-state index in [2.05, 4.69) is 5.32 Å². The Hall–Kier alpha value is -2.93. The van der Waals surface area contributed by atoms with E-state index in [9.17, 15) is 20.0 Å². The topological polar surface area (TPSA) is 102 Å². The number of rotatable bonds is 6. The minimum Gasteiger partial charge on any atom is -0.502 e. The standard InChI is InChI=1S/C16H16N2O5/c1-23-15(11-5-3-2-4-6-11)10-17-16(20)12-7-8-13(18(21)22)14(19)9-12/h2-9,15,19H,10H2,1H3,(H,17,20)/t15-/m1/s1. The molecule has 0 aliphatic rings. The number of nitro benzene ring substituents is 1. The summed E-state index contributed by atoms with van der Waals surface area (Å²) >= 11 is 0. The Bertz CT molecular complexity index is 703. The number of phenols is 1. The number of methoxy groups -OCH3 is 1. The summed E-state index contributed by atoms with van der Waals surface area (Å²) in [6.45, 7) is 0.233. The van der Waals surface area contributed by atoms with Gasteiger partial charge in [-0.1, -0.05) is 30.3 Å². The van der Waals surface area contributed by atoms with Crippen LogP contribution in [0.5, 0.6) is 5.75 Å². The number of hydrogen-bond acceptors (Lipinski definition) is 5. The van der Waals surface area contributed by atoms with Crippen molar-refractivity contribution in [2.45, 2.75) is 6.10 Å². The molecule has 23 heavy (non-hydrogen) atoms. The van der Waals surface area contributed by atoms with E-state index in [-0.39, 0.29) is 18.2 Å². The molecule has 2 N–H and O–H groups in total. The molecule has 0 saturated heterocycles. The molecule has 120 valence electrons. The molecule has 2 rings (SSSR count). The van der Waals surface area contributed by atoms with Crippen LogP contribution in [0.1, 0.15) is 22.0 Å². The molecular formula is C16H16N2O5. The molecule has 0 aromatic heterocycles. The maximum absolute atomic E-state index is 12.1. The van der Waals surface area contributed by atoms with Gasteiger partial charge in [-0.05, 0) is 17.7 Å². The number of benzene rings is 2. The zero-order valence-corrected chi connectivity index (χ0v) is 12.4. The molecule has 0 fully saturated rings. The first-order valence-electron chi connectivity index (χ1n) is 6.86. The summed E-state index contributed by atoms with van der Waals surface area (Å²) in [6.07, 6.45) is -0.313. The lowest BCUT2D eigenvalue weighted by molar-refractivity contribution is -0.385. The van der Waals surface area contributed by atoms with Gasteiger partial charge in [0.2, 0.25) is 0 Å². The second-order valence-corrected chi connectivity index (χ2v) is 4.81. The van der Waals surface area contributed by atoms with E-state index in [0.717, 1.165) is 17.7 Å². The quantitative estimate of drug-likeness (QED) is 0.629. The van der Waals surface area contributed by atoms with Crippen LogP contribution in [0.15, 0.2) is 48.5 Å². The highest BCUT2D eigenvalue weighted by atomic mass is 16.6. The number of nitrogens with zero attached hydrogens (tertiary/aromatic N) is 1. The third kappa shape index (κ3) is 4.04. The first-order valence-corrected chi connectivity index (χ1v) is 6.86. The van der Waals surface area contributed by atoms with Gasteiger partial charge in [0.05, 0.1) is 11.0 Å². The Morgan fingerprint density at radius 3 is 2.57 bits per heavy atom. The number of nitrogens with one attached hydrogen (secondary N) is 1. The van der Waals surface area contributed by atoms with Crippen molar-refractivity contribution >= 4 is 11.6 Å². The van der Waals surface area contributed by atoms with Gasteiger partial charge in [0.1, 0.15) is 0 Å². The Morgan fingerprint density at radius 1 is 1.30 bits per heavy atom. The second-order valence-electron chi connectivity index (χ2n) is 4.81. The highest BCUT2D eigenvalue weighted by Crippen LogP contribution is 2.26. The van der Waals surface area contributed by atoms with Gasteiger partial charge in [0.15, 0.2) is 5.75 Å². The molecule has 1 atom stereocenters. The fraction of sp³-hybridized carbons (Fsp3) is 0.188. The normalized spacial score (nSPS) is 11.7. The van der Waals surface area contributed by atoms with Crippen molar-refractivity contribution in [3.8, 4) is 5.75 Å². The largest absolute Gasteiger partial charge is 0.502 e. The van der Waals surface area contributed by atoms with Crippen LogP contribution in [0.4, 0.5) is 5.69 Å². The van der Waals surface area contributed by atoms with Crippen LogP contribution in [0, 0.1) is 10.1 Å². The lowest BCUT2D eigenvalue weighted by atomic mass is 10.1. The maximum atomic E-state index is 12.1. The molecule has 1 amide bonds. The number of aromatic hydroxyl groups is 1. The molecule has 2 aromatic rings. The van der Waals surface area contributed by atoms with Crippen molar-refractivity contribution in [2.75, 3.05) is 13.7 Å². The number of ether oxygens (including phenoxy) is 1. The van der Waals surface area contributed by atoms with E-state index < -0.39 is 22.3 Å². The van der Waals surface area contributed by atoms with Gasteiger partial charge in [-0.2, -0.15) is 0 Å². The van der Waals surface area contributed by atoms with E-state index in [4.69, 9.17) is 4.74 Å². The van der Waals surface area contributed by atoms with Crippen molar-refractivity contribution in [1.29, 1.82) is 0 Å². The number of phenolic OH excluding ortho intramolecular Hbond substituents is 1. The molecule has 0 heterocycles. The molecule has 0 spiro atoms. The van der Waals surface area contributed by atoms with E-state index in [1.54, 1.807) is 7.11 Å². The maximum Gasteiger partial charge on any atom is 0.310 e. The molecule has 0 unspecified atom stereocenters. The molecule has 0 aliphatic heterocycles. The summed E-state index contributed by atoms with van der Waals surface area (Å²) in [5.74, 6) is -0.998. The summed E-state index contributed by atoms with van der Waals surface area (Å²) < 4.78 is 5.34. The smallest absolute Gasteiger partial charge is 0.310 e. The zero-order valence-electron chi connectivity index (χ0n) is 12.4. The third-order valence-electron chi connectivity index (χ3n) is 3.34. The van der Waals surface area contributed by atoms with Gasteiger partial charge in [-0.25, -0.2) is 0 Å². The third-order valence-corrected chi connectivity index (χ3v) is 3.34. The van der Waals surface area contributed by atoms with Crippen LogP contribution < -0.4 is 5.32 Å². The molecule has 7 nitrogen and oxygen atoms in total. The van der Waals surface area contributed by atoms with Gasteiger partial charge in [-0.15, -0.1) is 0 Å². The van der Waals surface area contributed by atoms with E-state index in [0.29, 0.717) is 0 Å². The highest BCUT2D eigenvalue weighted by molar-refractivity contribution is 5.95. The second kappa shape index (κ2) is 7.37. The average Bonchev–Trinajstić information content (AvgIpc) is 2.55. The number of hydrogen-bond donors (Lipinski definition) is 2. The minimum absolute atomic E-state index is 0.135. The Morgan fingerprint density at radius 2 is 2.00 bits per heavy atom. The monoisotopic (exact) mass is 316 g/mol. The van der Waals surface area contributed by atoms with E-state index in [1.165, 1.54) is 6.07 Å². The van der Waals surface area contributed by atoms with Gasteiger partial charge >= 0.3 is 5.69 Å². The summed E-state index contributed by atoms with van der Waals surface area (Å²) in [6, 6.07) is 12.9. The highest BCUT2D eigenvalue weighted by Gasteiger charge is 2.17. The summed E-state index contributed by atoms with van der Waals surface area (Å²) in [4.78, 5) is 22.0. The first kappa shape index (κ1) is 16.4. The molecule has 0 saturated carbocycles. The summed E-state index contributed by atoms with van der Waals surface area (Å²) in [5.41, 5.74) is 0.610. The number of amides is 1. The summed E-state index contributed by atoms with van der Waals surface area (Å²) in [5, 5.41) is 22.9. The van der Waals surface area contributed by atoms with Crippen LogP contribution in [-0.4, -0.2) is 29.6 Å². The van der Waals surface area contributed by atoms with E-state index >= 15 is 0 Å². The molecule has 0 radical (unpaired) electrons. The van der Waals surface area contributed by atoms with Crippen molar-refractivity contribution in [1.82, 2.24) is 5.32 Å². The van der Waals surface area contributed by atoms with Crippen LogP contribution >= 0.6 is 0 Å². The number of carbonyl (C=O) groups excluding carboxylic acids is 1. The summed E-state index contributed by atoms with van der Waals surface area (Å²) in [7, 11) is 1.54. The van der Waals surface area contributed by atoms with Crippen molar-refractivity contribution < 1.29 is 19.6 Å².